The van der Waals surface area contributed by atoms with Gasteiger partial charge in [-0.15, -0.1) is 11.3 Å². The molecule has 28 heavy (non-hydrogen) atoms. The number of benzene rings is 1. The van der Waals surface area contributed by atoms with Gasteiger partial charge < -0.3 is 9.64 Å². The molecule has 1 fully saturated rings. The molecule has 2 aromatic rings. The summed E-state index contributed by atoms with van der Waals surface area (Å²) in [5.74, 6) is -0.132. The van der Waals surface area contributed by atoms with Crippen molar-refractivity contribution in [1.82, 2.24) is 9.88 Å². The van der Waals surface area contributed by atoms with Crippen molar-refractivity contribution in [1.29, 1.82) is 0 Å². The van der Waals surface area contributed by atoms with E-state index in [2.05, 4.69) is 16.8 Å². The third-order valence-electron chi connectivity index (χ3n) is 4.97. The fourth-order valence-corrected chi connectivity index (χ4v) is 4.65. The molecule has 0 aliphatic carbocycles. The van der Waals surface area contributed by atoms with Gasteiger partial charge in [0.25, 0.3) is 0 Å². The van der Waals surface area contributed by atoms with E-state index in [1.165, 1.54) is 23.5 Å². The highest BCUT2D eigenvalue weighted by atomic mass is 35.5. The highest BCUT2D eigenvalue weighted by Crippen LogP contribution is 2.44. The number of aliphatic imine (C=N–C) groups is 1. The largest absolute Gasteiger partial charge is 0.463 e. The van der Waals surface area contributed by atoms with E-state index in [0.717, 1.165) is 23.5 Å². The summed E-state index contributed by atoms with van der Waals surface area (Å²) in [5, 5.41) is 2.90. The number of hydrogen-bond donors (Lipinski definition) is 0. The van der Waals surface area contributed by atoms with Crippen LogP contribution in [0.25, 0.3) is 0 Å². The van der Waals surface area contributed by atoms with Crippen LogP contribution in [0.4, 0.5) is 4.39 Å². The number of halogens is 2. The summed E-state index contributed by atoms with van der Waals surface area (Å²) in [6.45, 7) is 4.13. The van der Waals surface area contributed by atoms with E-state index in [9.17, 15) is 9.18 Å². The monoisotopic (exact) mass is 419 g/mol. The number of amidine groups is 1. The zero-order valence-electron chi connectivity index (χ0n) is 15.5. The topological polar surface area (TPSA) is 54.8 Å². The molecule has 2 aliphatic heterocycles. The van der Waals surface area contributed by atoms with E-state index in [1.807, 2.05) is 5.38 Å². The smallest absolute Gasteiger partial charge is 0.338 e. The molecule has 1 aromatic carbocycles. The first-order chi connectivity index (χ1) is 13.5. The number of fused-ring (bicyclic) bond motifs is 1. The average molecular weight is 420 g/mol. The third kappa shape index (κ3) is 3.22. The number of thiazole rings is 1. The number of allylic oxidation sites excluding steroid dienone is 1. The Morgan fingerprint density at radius 3 is 2.96 bits per heavy atom. The minimum Gasteiger partial charge on any atom is -0.463 e. The molecule has 2 aliphatic rings. The summed E-state index contributed by atoms with van der Waals surface area (Å²) >= 11 is 7.83. The van der Waals surface area contributed by atoms with Gasteiger partial charge in [-0.2, -0.15) is 0 Å². The predicted octanol–water partition coefficient (Wildman–Crippen LogP) is 4.74. The van der Waals surface area contributed by atoms with Crippen molar-refractivity contribution in [3.63, 3.8) is 0 Å². The number of nitrogens with zero attached hydrogens (tertiary/aromatic N) is 3. The average Bonchev–Trinajstić information content (AvgIpc) is 3.31. The van der Waals surface area contributed by atoms with E-state index in [-0.39, 0.29) is 17.7 Å². The lowest BCUT2D eigenvalue weighted by Gasteiger charge is -2.34. The van der Waals surface area contributed by atoms with Crippen molar-refractivity contribution < 1.29 is 13.9 Å². The van der Waals surface area contributed by atoms with Gasteiger partial charge in [-0.25, -0.2) is 14.2 Å². The minimum atomic E-state index is -0.664. The van der Waals surface area contributed by atoms with Crippen LogP contribution in [0.1, 0.15) is 43.3 Å². The van der Waals surface area contributed by atoms with Crippen molar-refractivity contribution >= 4 is 34.7 Å². The van der Waals surface area contributed by atoms with Gasteiger partial charge in [0.05, 0.1) is 12.2 Å². The maximum Gasteiger partial charge on any atom is 0.338 e. The van der Waals surface area contributed by atoms with Crippen LogP contribution in [0.3, 0.4) is 0 Å². The number of rotatable bonds is 4. The van der Waals surface area contributed by atoms with E-state index < -0.39 is 17.8 Å². The molecule has 1 aromatic heterocycles. The summed E-state index contributed by atoms with van der Waals surface area (Å²) < 4.78 is 19.0. The van der Waals surface area contributed by atoms with Gasteiger partial charge >= 0.3 is 5.97 Å². The molecule has 0 saturated carbocycles. The van der Waals surface area contributed by atoms with Crippen molar-refractivity contribution in [2.24, 2.45) is 4.99 Å². The Hall–Kier alpha value is -2.25. The fraction of sp³-hybridized carbons (Fsp3) is 0.350. The van der Waals surface area contributed by atoms with Crippen molar-refractivity contribution in [2.45, 2.75) is 38.8 Å². The molecule has 2 unspecified atom stereocenters. The second-order valence-corrected chi connectivity index (χ2v) is 8.00. The van der Waals surface area contributed by atoms with E-state index in [4.69, 9.17) is 21.3 Å². The van der Waals surface area contributed by atoms with Gasteiger partial charge in [-0.3, -0.25) is 4.99 Å². The second-order valence-electron chi connectivity index (χ2n) is 6.70. The molecular formula is C20H19ClFN3O2S. The lowest BCUT2D eigenvalue weighted by Crippen LogP contribution is -2.39. The quantitative estimate of drug-likeness (QED) is 0.672. The first kappa shape index (κ1) is 19.1. The van der Waals surface area contributed by atoms with E-state index in [0.29, 0.717) is 17.0 Å². The number of ether oxygens (including phenoxy) is 1. The summed E-state index contributed by atoms with van der Waals surface area (Å²) in [5.41, 5.74) is 1.93. The van der Waals surface area contributed by atoms with Gasteiger partial charge in [-0.05, 0) is 38.8 Å². The fourth-order valence-electron chi connectivity index (χ4n) is 3.75. The Morgan fingerprint density at radius 2 is 2.29 bits per heavy atom. The molecule has 2 atom stereocenters. The Labute approximate surface area is 171 Å². The SMILES string of the molecule is CCOC(=O)C1=C2CCC(C)N2C(c2nccs2)=NC1c1ccc(F)cc1Cl. The lowest BCUT2D eigenvalue weighted by molar-refractivity contribution is -0.139. The maximum atomic E-state index is 13.6. The number of esters is 1. The molecule has 0 bridgehead atoms. The zero-order chi connectivity index (χ0) is 19.8. The Balaban J connectivity index is 1.92. The van der Waals surface area contributed by atoms with Crippen LogP contribution in [-0.2, 0) is 9.53 Å². The van der Waals surface area contributed by atoms with Gasteiger partial charge in [0, 0.05) is 33.9 Å². The second kappa shape index (κ2) is 7.64. The molecule has 4 rings (SSSR count). The van der Waals surface area contributed by atoms with Crippen LogP contribution in [0.5, 0.6) is 0 Å². The van der Waals surface area contributed by atoms with Crippen LogP contribution < -0.4 is 0 Å². The summed E-state index contributed by atoms with van der Waals surface area (Å²) in [6.07, 6.45) is 3.36. The molecular weight excluding hydrogens is 401 g/mol. The summed E-state index contributed by atoms with van der Waals surface area (Å²) in [7, 11) is 0. The number of aromatic nitrogens is 1. The molecule has 3 heterocycles. The molecule has 0 amide bonds. The highest BCUT2D eigenvalue weighted by Gasteiger charge is 2.42. The van der Waals surface area contributed by atoms with Crippen LogP contribution in [0.15, 0.2) is 46.0 Å². The molecule has 0 radical (unpaired) electrons. The molecule has 1 saturated heterocycles. The Kier molecular flexibility index (Phi) is 5.21. The Bertz CT molecular complexity index is 974. The first-order valence-corrected chi connectivity index (χ1v) is 10.4. The van der Waals surface area contributed by atoms with Gasteiger partial charge in [0.2, 0.25) is 0 Å². The third-order valence-corrected chi connectivity index (χ3v) is 6.07. The summed E-state index contributed by atoms with van der Waals surface area (Å²) in [4.78, 5) is 24.3. The van der Waals surface area contributed by atoms with Crippen LogP contribution in [0, 0.1) is 5.82 Å². The van der Waals surface area contributed by atoms with Gasteiger partial charge in [0.1, 0.15) is 11.9 Å². The van der Waals surface area contributed by atoms with Crippen molar-refractivity contribution in [3.05, 3.63) is 62.5 Å². The Morgan fingerprint density at radius 1 is 1.46 bits per heavy atom. The summed E-state index contributed by atoms with van der Waals surface area (Å²) in [6, 6.07) is 3.68. The lowest BCUT2D eigenvalue weighted by atomic mass is 9.94. The molecule has 8 heteroatoms. The normalized spacial score (nSPS) is 21.6. The van der Waals surface area contributed by atoms with Crippen molar-refractivity contribution in [2.75, 3.05) is 6.61 Å². The van der Waals surface area contributed by atoms with Crippen LogP contribution >= 0.6 is 22.9 Å². The van der Waals surface area contributed by atoms with Gasteiger partial charge in [0.15, 0.2) is 10.8 Å². The number of hydrogen-bond acceptors (Lipinski definition) is 6. The first-order valence-electron chi connectivity index (χ1n) is 9.13. The standard InChI is InChI=1S/C20H19ClFN3O2S/c1-3-27-20(26)16-15-7-4-11(2)25(15)18(19-23-8-9-28-19)24-17(16)13-6-5-12(22)10-14(13)21/h5-6,8-11,17H,3-4,7H2,1-2H3. The van der Waals surface area contributed by atoms with E-state index >= 15 is 0 Å². The van der Waals surface area contributed by atoms with Gasteiger partial charge in [-0.1, -0.05) is 17.7 Å². The zero-order valence-corrected chi connectivity index (χ0v) is 17.1. The van der Waals surface area contributed by atoms with Crippen LogP contribution in [0.2, 0.25) is 5.02 Å². The van der Waals surface area contributed by atoms with Crippen LogP contribution in [-0.4, -0.2) is 34.3 Å². The molecule has 0 N–H and O–H groups in total. The van der Waals surface area contributed by atoms with Crippen molar-refractivity contribution in [3.8, 4) is 0 Å². The highest BCUT2D eigenvalue weighted by molar-refractivity contribution is 7.11. The molecule has 0 spiro atoms. The minimum absolute atomic E-state index is 0.187. The predicted molar refractivity (Wildman–Crippen MR) is 107 cm³/mol. The van der Waals surface area contributed by atoms with E-state index in [1.54, 1.807) is 19.2 Å². The molecule has 5 nitrogen and oxygen atoms in total. The number of carbonyl (C=O) groups excluding carboxylic acids is 1. The maximum absolute atomic E-state index is 13.6. The number of carbonyl (C=O) groups is 1. The molecule has 146 valence electrons.